The molecule has 0 spiro atoms. The average molecular weight is 299 g/mol. The monoisotopic (exact) mass is 298 g/mol. The van der Waals surface area contributed by atoms with Crippen LogP contribution in [0.3, 0.4) is 0 Å². The van der Waals surface area contributed by atoms with Gasteiger partial charge in [0.25, 0.3) is 0 Å². The first-order valence-electron chi connectivity index (χ1n) is 6.34. The van der Waals surface area contributed by atoms with E-state index in [1.807, 2.05) is 0 Å². The second-order valence-corrected chi connectivity index (χ2v) is 45.8. The van der Waals surface area contributed by atoms with Gasteiger partial charge in [-0.15, -0.1) is 36.8 Å². The summed E-state index contributed by atoms with van der Waals surface area (Å²) in [6.45, 7) is 28.9. The summed E-state index contributed by atoms with van der Waals surface area (Å²) < 4.78 is 0. The van der Waals surface area contributed by atoms with Gasteiger partial charge >= 0.3 is 0 Å². The molecule has 0 heterocycles. The van der Waals surface area contributed by atoms with E-state index in [-0.39, 0.29) is 0 Å². The van der Waals surface area contributed by atoms with Crippen molar-refractivity contribution in [2.24, 2.45) is 0 Å². The average Bonchev–Trinajstić information content (AvgIpc) is 2.27. The Morgan fingerprint density at radius 3 is 0.824 bits per heavy atom. The van der Waals surface area contributed by atoms with Crippen LogP contribution in [0.1, 0.15) is 0 Å². The van der Waals surface area contributed by atoms with Gasteiger partial charge in [-0.05, 0) is 0 Å². The van der Waals surface area contributed by atoms with Crippen LogP contribution in [0.15, 0.2) is 36.8 Å². The molecule has 0 fully saturated rings. The van der Waals surface area contributed by atoms with Gasteiger partial charge in [-0.25, -0.2) is 0 Å². The van der Waals surface area contributed by atoms with Crippen LogP contribution in [0.5, 0.6) is 0 Å². The minimum absolute atomic E-state index is 1.36. The molecule has 4 heteroatoms. The molecule has 0 aromatic carbocycles. The summed E-state index contributed by atoms with van der Waals surface area (Å²) in [6, 6.07) is 0. The van der Waals surface area contributed by atoms with Crippen molar-refractivity contribution in [1.29, 1.82) is 0 Å². The molecular weight excluding hydrogens is 268 g/mol. The third kappa shape index (κ3) is 2.45. The van der Waals surface area contributed by atoms with Crippen molar-refractivity contribution in [3.05, 3.63) is 36.8 Å². The molecule has 0 atom stereocenters. The number of hydrogen-bond donors (Lipinski definition) is 0. The van der Waals surface area contributed by atoms with Crippen LogP contribution in [0.4, 0.5) is 0 Å². The second kappa shape index (κ2) is 4.99. The van der Waals surface area contributed by atoms with Gasteiger partial charge in [0.15, 0.2) is 0 Å². The standard InChI is InChI=1S/C13H30Si4/c1-11-14(4,5)17(10,15(6,7)12-2)16(8,9)13-3/h11-13H,1-3H2,4-10H3. The Kier molecular flexibility index (Phi) is 5.02. The summed E-state index contributed by atoms with van der Waals surface area (Å²) in [7, 11) is -4.08. The largest absolute Gasteiger partial charge is 0.107 e. The third-order valence-electron chi connectivity index (χ3n) is 5.40. The zero-order chi connectivity index (χ0) is 14.1. The Labute approximate surface area is 112 Å². The van der Waals surface area contributed by atoms with Gasteiger partial charge in [0.05, 0.1) is 22.8 Å². The van der Waals surface area contributed by atoms with Gasteiger partial charge in [-0.3, -0.25) is 0 Å². The highest BCUT2D eigenvalue weighted by molar-refractivity contribution is 7.91. The van der Waals surface area contributed by atoms with E-state index in [4.69, 9.17) is 0 Å². The molecule has 98 valence electrons. The topological polar surface area (TPSA) is 0 Å². The smallest absolute Gasteiger partial charge is 0.0601 e. The van der Waals surface area contributed by atoms with Crippen molar-refractivity contribution in [1.82, 2.24) is 0 Å². The van der Waals surface area contributed by atoms with Gasteiger partial charge in [0, 0.05) is 6.63 Å². The van der Waals surface area contributed by atoms with Crippen molar-refractivity contribution in [2.75, 3.05) is 0 Å². The maximum atomic E-state index is 4.17. The van der Waals surface area contributed by atoms with Gasteiger partial charge in [-0.1, -0.05) is 45.8 Å². The lowest BCUT2D eigenvalue weighted by atomic mass is 11.3. The Bertz CT molecular complexity index is 276. The lowest BCUT2D eigenvalue weighted by Crippen LogP contribution is -2.82. The highest BCUT2D eigenvalue weighted by Gasteiger charge is 2.60. The molecule has 0 aliphatic rings. The molecule has 0 unspecified atom stereocenters. The van der Waals surface area contributed by atoms with Crippen LogP contribution in [-0.4, -0.2) is 29.4 Å². The Hall–Kier alpha value is 0.0875. The van der Waals surface area contributed by atoms with E-state index in [2.05, 4.69) is 82.7 Å². The van der Waals surface area contributed by atoms with Crippen LogP contribution in [0.25, 0.3) is 0 Å². The molecule has 0 nitrogen and oxygen atoms in total. The van der Waals surface area contributed by atoms with E-state index in [1.54, 1.807) is 0 Å². The van der Waals surface area contributed by atoms with E-state index >= 15 is 0 Å². The molecule has 0 radical (unpaired) electrons. The fourth-order valence-electron chi connectivity index (χ4n) is 3.10. The maximum absolute atomic E-state index is 4.17. The fraction of sp³-hybridized carbons (Fsp3) is 0.538. The molecule has 0 bridgehead atoms. The summed E-state index contributed by atoms with van der Waals surface area (Å²) in [5, 5.41) is 0. The molecular formula is C13H30Si4. The Morgan fingerprint density at radius 1 is 0.529 bits per heavy atom. The molecule has 0 saturated heterocycles. The van der Waals surface area contributed by atoms with Crippen LogP contribution < -0.4 is 0 Å². The van der Waals surface area contributed by atoms with Gasteiger partial charge in [0.2, 0.25) is 0 Å². The van der Waals surface area contributed by atoms with Crippen molar-refractivity contribution >= 4 is 29.4 Å². The van der Waals surface area contributed by atoms with Crippen LogP contribution in [0, 0.1) is 0 Å². The van der Waals surface area contributed by atoms with E-state index in [0.717, 1.165) is 0 Å². The summed E-state index contributed by atoms with van der Waals surface area (Å²) in [4.78, 5) is 0. The molecule has 0 amide bonds. The van der Waals surface area contributed by atoms with E-state index in [0.29, 0.717) is 0 Å². The normalized spacial score (nSPS) is 14.3. The molecule has 0 aromatic rings. The third-order valence-corrected chi connectivity index (χ3v) is 76.0. The van der Waals surface area contributed by atoms with Crippen LogP contribution in [-0.2, 0) is 0 Å². The highest BCUT2D eigenvalue weighted by atomic mass is 29.9. The summed E-state index contributed by atoms with van der Waals surface area (Å²) in [6.07, 6.45) is 0. The minimum atomic E-state index is -1.37. The summed E-state index contributed by atoms with van der Waals surface area (Å²) >= 11 is 0. The van der Waals surface area contributed by atoms with Crippen molar-refractivity contribution in [3.8, 4) is 0 Å². The first-order valence-corrected chi connectivity index (χ1v) is 21.1. The van der Waals surface area contributed by atoms with E-state index in [1.165, 1.54) is 0 Å². The predicted molar refractivity (Wildman–Crippen MR) is 94.7 cm³/mol. The Balaban J connectivity index is 6.15. The molecule has 17 heavy (non-hydrogen) atoms. The van der Waals surface area contributed by atoms with E-state index < -0.39 is 29.4 Å². The minimum Gasteiger partial charge on any atom is -0.107 e. The molecule has 0 aliphatic carbocycles. The highest BCUT2D eigenvalue weighted by Crippen LogP contribution is 2.38. The van der Waals surface area contributed by atoms with Crippen LogP contribution in [0.2, 0.25) is 45.8 Å². The number of hydrogen-bond acceptors (Lipinski definition) is 0. The van der Waals surface area contributed by atoms with E-state index in [9.17, 15) is 0 Å². The van der Waals surface area contributed by atoms with Crippen molar-refractivity contribution < 1.29 is 0 Å². The van der Waals surface area contributed by atoms with Gasteiger partial charge in [-0.2, -0.15) is 0 Å². The SMILES string of the molecule is C=C[Si](C)(C)[Si](C)([Si](C)(C)C=C)[Si](C)(C)C=C. The molecule has 0 aromatic heterocycles. The molecule has 0 aliphatic heterocycles. The summed E-state index contributed by atoms with van der Waals surface area (Å²) in [5.41, 5.74) is 6.99. The molecule has 0 rings (SSSR count). The quantitative estimate of drug-likeness (QED) is 0.629. The Morgan fingerprint density at radius 2 is 0.706 bits per heavy atom. The maximum Gasteiger partial charge on any atom is 0.0601 e. The van der Waals surface area contributed by atoms with Crippen molar-refractivity contribution in [2.45, 2.75) is 45.8 Å². The molecule has 0 saturated carbocycles. The lowest BCUT2D eigenvalue weighted by Gasteiger charge is -2.55. The van der Waals surface area contributed by atoms with Crippen LogP contribution >= 0.6 is 0 Å². The zero-order valence-electron chi connectivity index (χ0n) is 12.9. The fourth-order valence-corrected chi connectivity index (χ4v) is 78.3. The van der Waals surface area contributed by atoms with Gasteiger partial charge in [0.1, 0.15) is 0 Å². The lowest BCUT2D eigenvalue weighted by molar-refractivity contribution is 1.79. The first-order chi connectivity index (χ1) is 7.43. The molecule has 0 N–H and O–H groups in total. The second-order valence-electron chi connectivity index (χ2n) is 6.90. The zero-order valence-corrected chi connectivity index (χ0v) is 16.9. The summed E-state index contributed by atoms with van der Waals surface area (Å²) in [5.74, 6) is 0. The van der Waals surface area contributed by atoms with Gasteiger partial charge < -0.3 is 0 Å². The van der Waals surface area contributed by atoms with Crippen molar-refractivity contribution in [3.63, 3.8) is 0 Å². The number of rotatable bonds is 6. The predicted octanol–water partition coefficient (Wildman–Crippen LogP) is 4.60. The first kappa shape index (κ1) is 17.1.